The van der Waals surface area contributed by atoms with Crippen molar-refractivity contribution in [3.05, 3.63) is 46.5 Å². The van der Waals surface area contributed by atoms with Crippen molar-refractivity contribution in [2.24, 2.45) is 0 Å². The highest BCUT2D eigenvalue weighted by Gasteiger charge is 2.27. The van der Waals surface area contributed by atoms with Crippen molar-refractivity contribution in [3.63, 3.8) is 0 Å². The Labute approximate surface area is 149 Å². The first kappa shape index (κ1) is 17.4. The number of halogens is 1. The average Bonchev–Trinajstić information content (AvgIpc) is 3.02. The van der Waals surface area contributed by atoms with Gasteiger partial charge in [0.1, 0.15) is 0 Å². The zero-order valence-corrected chi connectivity index (χ0v) is 14.4. The summed E-state index contributed by atoms with van der Waals surface area (Å²) in [7, 11) is 1.71. The Balaban J connectivity index is 1.69. The maximum Gasteiger partial charge on any atom is 0.291 e. The predicted molar refractivity (Wildman–Crippen MR) is 90.1 cm³/mol. The summed E-state index contributed by atoms with van der Waals surface area (Å²) in [5.74, 6) is -0.437. The number of nitrogens with one attached hydrogen (secondary N) is 1. The number of aromatic nitrogens is 3. The quantitative estimate of drug-likeness (QED) is 0.801. The first-order valence-electron chi connectivity index (χ1n) is 7.83. The van der Waals surface area contributed by atoms with Crippen LogP contribution in [0.2, 0.25) is 5.02 Å². The highest BCUT2D eigenvalue weighted by atomic mass is 35.5. The molecule has 1 aromatic heterocycles. The molecule has 2 heterocycles. The molecule has 3 rings (SSSR count). The number of hydrogen-bond donors (Lipinski definition) is 2. The summed E-state index contributed by atoms with van der Waals surface area (Å²) < 4.78 is 1.71. The number of carbonyl (C=O) groups is 2. The smallest absolute Gasteiger partial charge is 0.291 e. The standard InChI is InChI=1S/C16H18ClN5O3/c1-21-6-7-22-13(19-20-14(22)16(21)25)8-18-15(24)12(9-23)10-2-4-11(17)5-3-10/h2-5,12,23H,6-9H2,1H3,(H,18,24). The number of aliphatic hydroxyl groups is 1. The van der Waals surface area contributed by atoms with Gasteiger partial charge in [0.05, 0.1) is 19.1 Å². The molecule has 8 nitrogen and oxygen atoms in total. The minimum absolute atomic E-state index is 0.132. The van der Waals surface area contributed by atoms with Crippen LogP contribution in [0.15, 0.2) is 24.3 Å². The molecule has 0 spiro atoms. The number of nitrogens with zero attached hydrogens (tertiary/aromatic N) is 4. The molecule has 1 aromatic carbocycles. The van der Waals surface area contributed by atoms with Crippen LogP contribution in [0.1, 0.15) is 27.9 Å². The fraction of sp³-hybridized carbons (Fsp3) is 0.375. The zero-order chi connectivity index (χ0) is 18.0. The molecule has 9 heteroatoms. The summed E-state index contributed by atoms with van der Waals surface area (Å²) in [5.41, 5.74) is 0.671. The lowest BCUT2D eigenvalue weighted by atomic mass is 9.99. The summed E-state index contributed by atoms with van der Waals surface area (Å²) in [6.45, 7) is 0.951. The molecule has 0 radical (unpaired) electrons. The van der Waals surface area contributed by atoms with E-state index >= 15 is 0 Å². The van der Waals surface area contributed by atoms with E-state index in [1.807, 2.05) is 0 Å². The largest absolute Gasteiger partial charge is 0.395 e. The lowest BCUT2D eigenvalue weighted by molar-refractivity contribution is -0.123. The van der Waals surface area contributed by atoms with Crippen molar-refractivity contribution in [1.29, 1.82) is 0 Å². The number of hydrogen-bond acceptors (Lipinski definition) is 5. The van der Waals surface area contributed by atoms with Gasteiger partial charge in [-0.2, -0.15) is 0 Å². The number of benzene rings is 1. The van der Waals surface area contributed by atoms with Gasteiger partial charge in [-0.05, 0) is 17.7 Å². The van der Waals surface area contributed by atoms with Gasteiger partial charge < -0.3 is 19.9 Å². The molecule has 0 fully saturated rings. The summed E-state index contributed by atoms with van der Waals surface area (Å²) in [4.78, 5) is 26.0. The van der Waals surface area contributed by atoms with E-state index in [-0.39, 0.29) is 30.8 Å². The molecule has 0 aliphatic carbocycles. The van der Waals surface area contributed by atoms with E-state index in [9.17, 15) is 14.7 Å². The number of carbonyl (C=O) groups excluding carboxylic acids is 2. The van der Waals surface area contributed by atoms with Crippen LogP contribution in [-0.2, 0) is 17.9 Å². The lowest BCUT2D eigenvalue weighted by Crippen LogP contribution is -2.38. The fourth-order valence-electron chi connectivity index (χ4n) is 2.71. The summed E-state index contributed by atoms with van der Waals surface area (Å²) in [5, 5.41) is 20.8. The van der Waals surface area contributed by atoms with Gasteiger partial charge in [0, 0.05) is 25.2 Å². The molecule has 0 saturated carbocycles. The molecular weight excluding hydrogens is 346 g/mol. The normalized spacial score (nSPS) is 15.0. The van der Waals surface area contributed by atoms with Crippen molar-refractivity contribution in [3.8, 4) is 0 Å². The number of likely N-dealkylation sites (N-methyl/N-ethyl adjacent to an activating group) is 1. The van der Waals surface area contributed by atoms with Crippen molar-refractivity contribution in [2.75, 3.05) is 20.2 Å². The van der Waals surface area contributed by atoms with Gasteiger partial charge in [-0.3, -0.25) is 9.59 Å². The van der Waals surface area contributed by atoms with E-state index in [0.29, 0.717) is 29.5 Å². The van der Waals surface area contributed by atoms with E-state index in [0.717, 1.165) is 0 Å². The molecule has 0 bridgehead atoms. The molecule has 1 aliphatic rings. The SMILES string of the molecule is CN1CCn2c(CNC(=O)C(CO)c3ccc(Cl)cc3)nnc2C1=O. The molecule has 2 N–H and O–H groups in total. The fourth-order valence-corrected chi connectivity index (χ4v) is 2.83. The predicted octanol–water partition coefficient (Wildman–Crippen LogP) is 0.409. The van der Waals surface area contributed by atoms with Crippen LogP contribution in [0.4, 0.5) is 0 Å². The van der Waals surface area contributed by atoms with E-state index in [1.54, 1.807) is 40.8 Å². The van der Waals surface area contributed by atoms with Crippen LogP contribution >= 0.6 is 11.6 Å². The van der Waals surface area contributed by atoms with Crippen molar-refractivity contribution >= 4 is 23.4 Å². The molecule has 1 atom stereocenters. The van der Waals surface area contributed by atoms with Gasteiger partial charge in [0.25, 0.3) is 5.91 Å². The summed E-state index contributed by atoms with van der Waals surface area (Å²) in [6.07, 6.45) is 0. The van der Waals surface area contributed by atoms with Crippen LogP contribution < -0.4 is 5.32 Å². The second-order valence-corrected chi connectivity index (χ2v) is 6.26. The van der Waals surface area contributed by atoms with Crippen molar-refractivity contribution < 1.29 is 14.7 Å². The van der Waals surface area contributed by atoms with E-state index in [4.69, 9.17) is 11.6 Å². The maximum atomic E-state index is 12.4. The third-order valence-electron chi connectivity index (χ3n) is 4.22. The lowest BCUT2D eigenvalue weighted by Gasteiger charge is -2.23. The first-order chi connectivity index (χ1) is 12.0. The molecule has 1 unspecified atom stereocenters. The third-order valence-corrected chi connectivity index (χ3v) is 4.47. The Kier molecular flexibility index (Phi) is 5.00. The van der Waals surface area contributed by atoms with Gasteiger partial charge in [0.15, 0.2) is 5.82 Å². The highest BCUT2D eigenvalue weighted by Crippen LogP contribution is 2.19. The first-order valence-corrected chi connectivity index (χ1v) is 8.20. The topological polar surface area (TPSA) is 100 Å². The number of fused-ring (bicyclic) bond motifs is 1. The molecular formula is C16H18ClN5O3. The van der Waals surface area contributed by atoms with Crippen molar-refractivity contribution in [1.82, 2.24) is 25.0 Å². The van der Waals surface area contributed by atoms with Gasteiger partial charge in [-0.15, -0.1) is 10.2 Å². The van der Waals surface area contributed by atoms with E-state index in [1.165, 1.54) is 0 Å². The Bertz CT molecular complexity index is 790. The van der Waals surface area contributed by atoms with Gasteiger partial charge in [0.2, 0.25) is 11.7 Å². The minimum Gasteiger partial charge on any atom is -0.395 e. The molecule has 2 amide bonds. The van der Waals surface area contributed by atoms with E-state index < -0.39 is 5.92 Å². The van der Waals surface area contributed by atoms with Crippen LogP contribution in [0, 0.1) is 0 Å². The Morgan fingerprint density at radius 1 is 1.32 bits per heavy atom. The molecule has 25 heavy (non-hydrogen) atoms. The van der Waals surface area contributed by atoms with Crippen LogP contribution in [-0.4, -0.2) is 56.8 Å². The van der Waals surface area contributed by atoms with Crippen LogP contribution in [0.5, 0.6) is 0 Å². The highest BCUT2D eigenvalue weighted by molar-refractivity contribution is 6.30. The summed E-state index contributed by atoms with van der Waals surface area (Å²) >= 11 is 5.85. The third kappa shape index (κ3) is 3.49. The van der Waals surface area contributed by atoms with Gasteiger partial charge in [-0.25, -0.2) is 0 Å². The minimum atomic E-state index is -0.700. The number of aliphatic hydroxyl groups excluding tert-OH is 1. The van der Waals surface area contributed by atoms with Crippen LogP contribution in [0.25, 0.3) is 0 Å². The Morgan fingerprint density at radius 3 is 2.72 bits per heavy atom. The van der Waals surface area contributed by atoms with Crippen molar-refractivity contribution in [2.45, 2.75) is 19.0 Å². The van der Waals surface area contributed by atoms with Gasteiger partial charge in [-0.1, -0.05) is 23.7 Å². The van der Waals surface area contributed by atoms with E-state index in [2.05, 4.69) is 15.5 Å². The van der Waals surface area contributed by atoms with Gasteiger partial charge >= 0.3 is 0 Å². The molecule has 0 saturated heterocycles. The Morgan fingerprint density at radius 2 is 2.04 bits per heavy atom. The second kappa shape index (κ2) is 7.20. The summed E-state index contributed by atoms with van der Waals surface area (Å²) in [6, 6.07) is 6.75. The molecule has 1 aliphatic heterocycles. The van der Waals surface area contributed by atoms with Crippen LogP contribution in [0.3, 0.4) is 0 Å². The average molecular weight is 364 g/mol. The molecule has 2 aromatic rings. The second-order valence-electron chi connectivity index (χ2n) is 5.82. The Hall–Kier alpha value is -2.45. The number of rotatable bonds is 5. The zero-order valence-electron chi connectivity index (χ0n) is 13.6. The monoisotopic (exact) mass is 363 g/mol. The maximum absolute atomic E-state index is 12.4. The molecule has 132 valence electrons. The number of amides is 2.